The van der Waals surface area contributed by atoms with Crippen LogP contribution in [0.1, 0.15) is 12.0 Å². The molecule has 0 aliphatic carbocycles. The fraction of sp³-hybridized carbons (Fsp3) is 0.300. The lowest BCUT2D eigenvalue weighted by molar-refractivity contribution is 0.210. The topological polar surface area (TPSA) is 30.8 Å². The summed E-state index contributed by atoms with van der Waals surface area (Å²) in [6.07, 6.45) is 0.810. The van der Waals surface area contributed by atoms with Crippen molar-refractivity contribution in [1.29, 1.82) is 0 Å². The molecule has 0 atom stereocenters. The van der Waals surface area contributed by atoms with Crippen LogP contribution in [0.4, 0.5) is 0 Å². The van der Waals surface area contributed by atoms with Crippen LogP contribution in [0, 0.1) is 0 Å². The molecular weight excluding hydrogens is 166 g/mol. The molecule has 3 heteroatoms. The maximum Gasteiger partial charge on any atom is 0.128 e. The number of fused-ring (bicyclic) bond motifs is 1. The van der Waals surface area contributed by atoms with Crippen molar-refractivity contribution in [2.45, 2.75) is 6.42 Å². The molecule has 2 rings (SSSR count). The summed E-state index contributed by atoms with van der Waals surface area (Å²) in [5, 5.41) is 3.96. The van der Waals surface area contributed by atoms with Gasteiger partial charge in [-0.1, -0.05) is 17.3 Å². The molecule has 0 aromatic heterocycles. The minimum Gasteiger partial charge on any atom is -0.492 e. The van der Waals surface area contributed by atoms with Gasteiger partial charge < -0.3 is 9.57 Å². The van der Waals surface area contributed by atoms with Gasteiger partial charge in [0.25, 0.3) is 0 Å². The third-order valence-corrected chi connectivity index (χ3v) is 2.00. The summed E-state index contributed by atoms with van der Waals surface area (Å²) in [5.41, 5.74) is 2.00. The number of para-hydroxylation sites is 1. The number of hydrogen-bond acceptors (Lipinski definition) is 3. The average Bonchev–Trinajstić information content (AvgIpc) is 2.19. The van der Waals surface area contributed by atoms with Crippen LogP contribution in [-0.2, 0) is 4.84 Å². The summed E-state index contributed by atoms with van der Waals surface area (Å²) < 4.78 is 5.46. The van der Waals surface area contributed by atoms with Crippen molar-refractivity contribution in [1.82, 2.24) is 0 Å². The Balaban J connectivity index is 2.42. The quantitative estimate of drug-likeness (QED) is 0.612. The first-order valence-electron chi connectivity index (χ1n) is 4.24. The summed E-state index contributed by atoms with van der Waals surface area (Å²) >= 11 is 0. The molecule has 1 aromatic rings. The molecule has 1 aliphatic rings. The van der Waals surface area contributed by atoms with Crippen LogP contribution in [0.2, 0.25) is 0 Å². The maximum atomic E-state index is 5.46. The molecule has 1 heterocycles. The highest BCUT2D eigenvalue weighted by atomic mass is 16.6. The molecule has 1 aromatic carbocycles. The first kappa shape index (κ1) is 8.10. The molecule has 3 nitrogen and oxygen atoms in total. The Morgan fingerprint density at radius 2 is 2.23 bits per heavy atom. The van der Waals surface area contributed by atoms with Gasteiger partial charge >= 0.3 is 0 Å². The average molecular weight is 177 g/mol. The number of nitrogens with zero attached hydrogens (tertiary/aromatic N) is 1. The van der Waals surface area contributed by atoms with Crippen LogP contribution < -0.4 is 4.74 Å². The largest absolute Gasteiger partial charge is 0.492 e. The molecule has 68 valence electrons. The van der Waals surface area contributed by atoms with Crippen molar-refractivity contribution in [3.8, 4) is 5.75 Å². The lowest BCUT2D eigenvalue weighted by Gasteiger charge is -2.17. The first-order valence-corrected chi connectivity index (χ1v) is 4.24. The summed E-state index contributed by atoms with van der Waals surface area (Å²) in [7, 11) is 1.56. The predicted octanol–water partition coefficient (Wildman–Crippen LogP) is 1.82. The second-order valence-corrected chi connectivity index (χ2v) is 2.82. The lowest BCUT2D eigenvalue weighted by Crippen LogP contribution is -2.16. The van der Waals surface area contributed by atoms with Crippen molar-refractivity contribution in [2.24, 2.45) is 5.16 Å². The Hall–Kier alpha value is -1.51. The van der Waals surface area contributed by atoms with Gasteiger partial charge in [-0.3, -0.25) is 0 Å². The van der Waals surface area contributed by atoms with Crippen molar-refractivity contribution in [3.63, 3.8) is 0 Å². The van der Waals surface area contributed by atoms with E-state index in [0.717, 1.165) is 23.4 Å². The van der Waals surface area contributed by atoms with E-state index in [1.165, 1.54) is 0 Å². The van der Waals surface area contributed by atoms with Crippen LogP contribution in [-0.4, -0.2) is 19.4 Å². The van der Waals surface area contributed by atoms with Crippen LogP contribution >= 0.6 is 0 Å². The molecule has 0 spiro atoms. The summed E-state index contributed by atoms with van der Waals surface area (Å²) in [6.45, 7) is 0.680. The van der Waals surface area contributed by atoms with Gasteiger partial charge in [0.15, 0.2) is 0 Å². The standard InChI is InChI=1S/C10H11NO2/c1-12-11-9-6-7-13-10-5-3-2-4-8(9)10/h2-5H,6-7H2,1H3. The third-order valence-electron chi connectivity index (χ3n) is 2.00. The van der Waals surface area contributed by atoms with E-state index < -0.39 is 0 Å². The van der Waals surface area contributed by atoms with Gasteiger partial charge in [-0.2, -0.15) is 0 Å². The zero-order chi connectivity index (χ0) is 9.10. The van der Waals surface area contributed by atoms with Gasteiger partial charge in [-0.15, -0.1) is 0 Å². The smallest absolute Gasteiger partial charge is 0.128 e. The molecular formula is C10H11NO2. The zero-order valence-electron chi connectivity index (χ0n) is 7.49. The zero-order valence-corrected chi connectivity index (χ0v) is 7.49. The fourth-order valence-corrected chi connectivity index (χ4v) is 1.43. The van der Waals surface area contributed by atoms with E-state index in [0.29, 0.717) is 6.61 Å². The van der Waals surface area contributed by atoms with E-state index in [1.807, 2.05) is 24.3 Å². The number of hydrogen-bond donors (Lipinski definition) is 0. The Bertz CT molecular complexity index is 333. The van der Waals surface area contributed by atoms with E-state index in [-0.39, 0.29) is 0 Å². The van der Waals surface area contributed by atoms with Gasteiger partial charge in [0.2, 0.25) is 0 Å². The van der Waals surface area contributed by atoms with Crippen LogP contribution in [0.3, 0.4) is 0 Å². The third kappa shape index (κ3) is 1.49. The highest BCUT2D eigenvalue weighted by Gasteiger charge is 2.15. The SMILES string of the molecule is CON=C1CCOc2ccccc21. The molecule has 0 unspecified atom stereocenters. The van der Waals surface area contributed by atoms with Crippen LogP contribution in [0.15, 0.2) is 29.4 Å². The van der Waals surface area contributed by atoms with Gasteiger partial charge in [-0.05, 0) is 12.1 Å². The molecule has 1 aliphatic heterocycles. The molecule has 0 amide bonds. The predicted molar refractivity (Wildman–Crippen MR) is 50.1 cm³/mol. The van der Waals surface area contributed by atoms with Crippen molar-refractivity contribution >= 4 is 5.71 Å². The molecule has 13 heavy (non-hydrogen) atoms. The van der Waals surface area contributed by atoms with Gasteiger partial charge in [0, 0.05) is 12.0 Å². The van der Waals surface area contributed by atoms with Gasteiger partial charge in [0.1, 0.15) is 12.9 Å². The highest BCUT2D eigenvalue weighted by Crippen LogP contribution is 2.24. The van der Waals surface area contributed by atoms with E-state index in [2.05, 4.69) is 5.16 Å². The van der Waals surface area contributed by atoms with E-state index in [9.17, 15) is 0 Å². The summed E-state index contributed by atoms with van der Waals surface area (Å²) in [4.78, 5) is 4.77. The Morgan fingerprint density at radius 1 is 1.38 bits per heavy atom. The monoisotopic (exact) mass is 177 g/mol. The minimum atomic E-state index is 0.680. The molecule has 0 saturated carbocycles. The normalized spacial score (nSPS) is 17.8. The molecule has 0 saturated heterocycles. The number of rotatable bonds is 1. The first-order chi connectivity index (χ1) is 6.42. The summed E-state index contributed by atoms with van der Waals surface area (Å²) in [5.74, 6) is 0.893. The Morgan fingerprint density at radius 3 is 3.08 bits per heavy atom. The van der Waals surface area contributed by atoms with E-state index in [4.69, 9.17) is 9.57 Å². The summed E-state index contributed by atoms with van der Waals surface area (Å²) in [6, 6.07) is 7.86. The molecule has 0 fully saturated rings. The van der Waals surface area contributed by atoms with Crippen LogP contribution in [0.25, 0.3) is 0 Å². The van der Waals surface area contributed by atoms with Crippen molar-refractivity contribution in [3.05, 3.63) is 29.8 Å². The number of benzene rings is 1. The minimum absolute atomic E-state index is 0.680. The van der Waals surface area contributed by atoms with E-state index >= 15 is 0 Å². The van der Waals surface area contributed by atoms with Gasteiger partial charge in [0.05, 0.1) is 12.3 Å². The Labute approximate surface area is 77.0 Å². The number of oxime groups is 1. The molecule has 0 bridgehead atoms. The van der Waals surface area contributed by atoms with E-state index in [1.54, 1.807) is 7.11 Å². The van der Waals surface area contributed by atoms with Crippen molar-refractivity contribution in [2.75, 3.05) is 13.7 Å². The molecule has 0 N–H and O–H groups in total. The Kier molecular flexibility index (Phi) is 2.17. The maximum absolute atomic E-state index is 5.46. The highest BCUT2D eigenvalue weighted by molar-refractivity contribution is 6.03. The second kappa shape index (κ2) is 3.47. The van der Waals surface area contributed by atoms with Gasteiger partial charge in [-0.25, -0.2) is 0 Å². The fourth-order valence-electron chi connectivity index (χ4n) is 1.43. The second-order valence-electron chi connectivity index (χ2n) is 2.82. The lowest BCUT2D eigenvalue weighted by atomic mass is 10.0. The number of ether oxygens (including phenoxy) is 1. The van der Waals surface area contributed by atoms with Crippen molar-refractivity contribution < 1.29 is 9.57 Å². The van der Waals surface area contributed by atoms with Crippen LogP contribution in [0.5, 0.6) is 5.75 Å². The molecule has 0 radical (unpaired) electrons.